The molecule has 0 fully saturated rings. The second-order valence-corrected chi connectivity index (χ2v) is 10.4. The maximum atomic E-state index is 13.4. The van der Waals surface area contributed by atoms with Gasteiger partial charge in [0.25, 0.3) is 11.8 Å². The number of nitrogens with zero attached hydrogens (tertiary/aromatic N) is 4. The molecular formula is C31H28N6O3S. The van der Waals surface area contributed by atoms with Crippen LogP contribution in [0.1, 0.15) is 39.8 Å². The van der Waals surface area contributed by atoms with Crippen molar-refractivity contribution in [1.29, 1.82) is 0 Å². The van der Waals surface area contributed by atoms with E-state index in [4.69, 9.17) is 4.98 Å². The molecule has 3 N–H and O–H groups in total. The van der Waals surface area contributed by atoms with Crippen molar-refractivity contribution in [1.82, 2.24) is 29.8 Å². The largest absolute Gasteiger partial charge is 0.394 e. The number of para-hydroxylation sites is 1. The number of hydrogen-bond acceptors (Lipinski definition) is 6. The van der Waals surface area contributed by atoms with Crippen molar-refractivity contribution in [2.45, 2.75) is 25.9 Å². The summed E-state index contributed by atoms with van der Waals surface area (Å²) in [6, 6.07) is 20.8. The lowest BCUT2D eigenvalue weighted by Crippen LogP contribution is -2.37. The van der Waals surface area contributed by atoms with Crippen LogP contribution in [0.3, 0.4) is 0 Å². The molecule has 10 heteroatoms. The molecule has 0 bridgehead atoms. The number of carbonyl (C=O) groups excluding carboxylic acids is 2. The summed E-state index contributed by atoms with van der Waals surface area (Å²) in [5.74, 6) is -0.657. The van der Waals surface area contributed by atoms with Crippen molar-refractivity contribution in [2.24, 2.45) is 0 Å². The molecule has 2 aromatic carbocycles. The van der Waals surface area contributed by atoms with E-state index in [0.717, 1.165) is 27.7 Å². The minimum Gasteiger partial charge on any atom is -0.394 e. The second-order valence-electron chi connectivity index (χ2n) is 9.66. The minimum absolute atomic E-state index is 0.167. The zero-order chi connectivity index (χ0) is 28.3. The molecule has 6 aromatic rings. The zero-order valence-electron chi connectivity index (χ0n) is 22.3. The van der Waals surface area contributed by atoms with Crippen molar-refractivity contribution in [3.63, 3.8) is 0 Å². The monoisotopic (exact) mass is 564 g/mol. The van der Waals surface area contributed by atoms with Gasteiger partial charge in [0.1, 0.15) is 11.4 Å². The molecule has 0 aliphatic heterocycles. The number of amides is 2. The van der Waals surface area contributed by atoms with E-state index >= 15 is 0 Å². The molecule has 0 saturated heterocycles. The van der Waals surface area contributed by atoms with Crippen LogP contribution in [0, 0.1) is 0 Å². The number of hydrogen-bond donors (Lipinski definition) is 3. The Morgan fingerprint density at radius 1 is 1.02 bits per heavy atom. The van der Waals surface area contributed by atoms with Gasteiger partial charge in [0, 0.05) is 29.1 Å². The van der Waals surface area contributed by atoms with Crippen molar-refractivity contribution < 1.29 is 14.7 Å². The van der Waals surface area contributed by atoms with Gasteiger partial charge in [0.05, 0.1) is 35.6 Å². The summed E-state index contributed by atoms with van der Waals surface area (Å²) in [4.78, 5) is 31.5. The van der Waals surface area contributed by atoms with Crippen molar-refractivity contribution in [3.05, 3.63) is 107 Å². The molecule has 0 saturated carbocycles. The van der Waals surface area contributed by atoms with E-state index in [2.05, 4.69) is 15.7 Å². The van der Waals surface area contributed by atoms with E-state index in [1.807, 2.05) is 83.2 Å². The molecule has 2 amide bonds. The maximum Gasteiger partial charge on any atom is 0.270 e. The highest BCUT2D eigenvalue weighted by molar-refractivity contribution is 7.08. The van der Waals surface area contributed by atoms with Gasteiger partial charge in [0.15, 0.2) is 5.65 Å². The lowest BCUT2D eigenvalue weighted by Gasteiger charge is -2.14. The summed E-state index contributed by atoms with van der Waals surface area (Å²) in [6.07, 6.45) is 4.15. The number of nitrogens with one attached hydrogen (secondary N) is 2. The molecule has 0 aliphatic rings. The smallest absolute Gasteiger partial charge is 0.270 e. The first-order valence-corrected chi connectivity index (χ1v) is 14.3. The van der Waals surface area contributed by atoms with Crippen molar-refractivity contribution >= 4 is 39.7 Å². The predicted octanol–water partition coefficient (Wildman–Crippen LogP) is 4.83. The maximum absolute atomic E-state index is 13.4. The van der Waals surface area contributed by atoms with Crippen LogP contribution in [-0.4, -0.2) is 48.7 Å². The summed E-state index contributed by atoms with van der Waals surface area (Å²) in [7, 11) is 0. The molecule has 0 unspecified atom stereocenters. The number of rotatable bonds is 9. The first kappa shape index (κ1) is 26.4. The third-order valence-corrected chi connectivity index (χ3v) is 7.75. The van der Waals surface area contributed by atoms with Gasteiger partial charge in [-0.25, -0.2) is 9.67 Å². The van der Waals surface area contributed by atoms with Gasteiger partial charge in [-0.1, -0.05) is 37.3 Å². The summed E-state index contributed by atoms with van der Waals surface area (Å²) >= 11 is 1.50. The number of pyridine rings is 1. The molecule has 1 atom stereocenters. The number of aliphatic hydroxyl groups excluding tert-OH is 1. The van der Waals surface area contributed by atoms with Gasteiger partial charge in [0.2, 0.25) is 0 Å². The molecule has 9 nitrogen and oxygen atoms in total. The molecular weight excluding hydrogens is 536 g/mol. The average molecular weight is 565 g/mol. The summed E-state index contributed by atoms with van der Waals surface area (Å²) < 4.78 is 3.53. The summed E-state index contributed by atoms with van der Waals surface area (Å²) in [6.45, 7) is 2.05. The Hall–Kier alpha value is -4.80. The highest BCUT2D eigenvalue weighted by Crippen LogP contribution is 2.28. The third-order valence-electron chi connectivity index (χ3n) is 7.06. The Balaban J connectivity index is 1.25. The van der Waals surface area contributed by atoms with E-state index in [1.54, 1.807) is 22.7 Å². The fourth-order valence-electron chi connectivity index (χ4n) is 4.80. The SMILES string of the molecule is CC[C@@H](CO)NC(=O)c1c(-c2ccsc2)nc2c(C(=O)NCc3ccc(-n4ncc5ccccc54)cc3)cccn12. The molecule has 4 heterocycles. The van der Waals surface area contributed by atoms with Gasteiger partial charge in [-0.05, 0) is 53.8 Å². The van der Waals surface area contributed by atoms with Crippen LogP contribution < -0.4 is 10.6 Å². The fraction of sp³-hybridized carbons (Fsp3) is 0.161. The Morgan fingerprint density at radius 3 is 2.61 bits per heavy atom. The molecule has 4 aromatic heterocycles. The summed E-state index contributed by atoms with van der Waals surface area (Å²) in [5.41, 5.74) is 5.23. The predicted molar refractivity (Wildman–Crippen MR) is 159 cm³/mol. The minimum atomic E-state index is -0.381. The van der Waals surface area contributed by atoms with Gasteiger partial charge in [-0.15, -0.1) is 0 Å². The van der Waals surface area contributed by atoms with Crippen LogP contribution in [0.2, 0.25) is 0 Å². The van der Waals surface area contributed by atoms with Crippen LogP contribution in [0.15, 0.2) is 89.9 Å². The van der Waals surface area contributed by atoms with Crippen molar-refractivity contribution in [3.8, 4) is 16.9 Å². The number of thiophene rings is 1. The number of imidazole rings is 1. The topological polar surface area (TPSA) is 114 Å². The van der Waals surface area contributed by atoms with Gasteiger partial charge in [-0.2, -0.15) is 16.4 Å². The Labute approximate surface area is 240 Å². The van der Waals surface area contributed by atoms with Gasteiger partial charge < -0.3 is 15.7 Å². The second kappa shape index (κ2) is 11.4. The molecule has 0 radical (unpaired) electrons. The van der Waals surface area contributed by atoms with E-state index in [-0.39, 0.29) is 24.5 Å². The van der Waals surface area contributed by atoms with Crippen LogP contribution in [0.25, 0.3) is 33.5 Å². The first-order valence-electron chi connectivity index (χ1n) is 13.3. The number of aromatic nitrogens is 4. The quantitative estimate of drug-likeness (QED) is 0.233. The fourth-order valence-corrected chi connectivity index (χ4v) is 5.44. The molecule has 0 spiro atoms. The molecule has 41 heavy (non-hydrogen) atoms. The van der Waals surface area contributed by atoms with Crippen LogP contribution in [-0.2, 0) is 6.54 Å². The zero-order valence-corrected chi connectivity index (χ0v) is 23.1. The van der Waals surface area contributed by atoms with Gasteiger partial charge in [-0.3, -0.25) is 14.0 Å². The highest BCUT2D eigenvalue weighted by Gasteiger charge is 2.25. The van der Waals surface area contributed by atoms with Crippen LogP contribution in [0.4, 0.5) is 0 Å². The number of fused-ring (bicyclic) bond motifs is 2. The number of benzene rings is 2. The summed E-state index contributed by atoms with van der Waals surface area (Å²) in [5, 5.41) is 24.9. The number of aliphatic hydroxyl groups is 1. The lowest BCUT2D eigenvalue weighted by molar-refractivity contribution is 0.0907. The normalized spacial score (nSPS) is 12.0. The van der Waals surface area contributed by atoms with E-state index in [0.29, 0.717) is 35.6 Å². The lowest BCUT2D eigenvalue weighted by atomic mass is 10.1. The Bertz CT molecular complexity index is 1840. The number of carbonyl (C=O) groups is 2. The standard InChI is InChI=1S/C31H28N6O3S/c1-2-23(18-38)34-31(40)28-27(22-13-15-41-19-22)35-29-25(7-5-14-36(28)29)30(39)32-16-20-9-11-24(12-10-20)37-26-8-4-3-6-21(26)17-33-37/h3-15,17,19,23,38H,2,16,18H2,1H3,(H,32,39)(H,34,40)/t23-/m0/s1. The van der Waals surface area contributed by atoms with E-state index < -0.39 is 0 Å². The van der Waals surface area contributed by atoms with Crippen LogP contribution >= 0.6 is 11.3 Å². The van der Waals surface area contributed by atoms with Crippen molar-refractivity contribution in [2.75, 3.05) is 6.61 Å². The van der Waals surface area contributed by atoms with Crippen LogP contribution in [0.5, 0.6) is 0 Å². The Kier molecular flexibility index (Phi) is 7.32. The van der Waals surface area contributed by atoms with Gasteiger partial charge >= 0.3 is 0 Å². The molecule has 0 aliphatic carbocycles. The average Bonchev–Trinajstić information content (AvgIpc) is 3.77. The van der Waals surface area contributed by atoms with E-state index in [1.165, 1.54) is 11.3 Å². The third kappa shape index (κ3) is 5.10. The first-order chi connectivity index (χ1) is 20.1. The molecule has 206 valence electrons. The molecule has 6 rings (SSSR count). The van der Waals surface area contributed by atoms with E-state index in [9.17, 15) is 14.7 Å². The Morgan fingerprint density at radius 2 is 1.85 bits per heavy atom. The highest BCUT2D eigenvalue weighted by atomic mass is 32.1.